The molecule has 0 radical (unpaired) electrons. The van der Waals surface area contributed by atoms with Gasteiger partial charge in [0.05, 0.1) is 12.7 Å². The first-order chi connectivity index (χ1) is 18.1. The molecule has 2 N–H and O–H groups in total. The number of ether oxygens (including phenoxy) is 1. The molecule has 7 atom stereocenters. The van der Waals surface area contributed by atoms with Crippen LogP contribution in [0.1, 0.15) is 70.9 Å². The Hall–Kier alpha value is -2.93. The van der Waals surface area contributed by atoms with Crippen molar-refractivity contribution in [2.45, 2.75) is 70.9 Å². The Balaban J connectivity index is 1.22. The predicted molar refractivity (Wildman–Crippen MR) is 145 cm³/mol. The Morgan fingerprint density at radius 3 is 2.58 bits per heavy atom. The number of hydrogen-bond donors (Lipinski definition) is 2. The highest BCUT2D eigenvalue weighted by atomic mass is 16.6. The van der Waals surface area contributed by atoms with E-state index in [0.717, 1.165) is 38.5 Å². The second-order valence-corrected chi connectivity index (χ2v) is 12.2. The molecule has 0 aromatic heterocycles. The highest BCUT2D eigenvalue weighted by molar-refractivity contribution is 6.05. The summed E-state index contributed by atoms with van der Waals surface area (Å²) < 4.78 is 4.85. The van der Waals surface area contributed by atoms with Crippen molar-refractivity contribution in [3.05, 3.63) is 59.7 Å². The van der Waals surface area contributed by atoms with Crippen LogP contribution in [0, 0.1) is 28.6 Å². The first kappa shape index (κ1) is 26.7. The maximum atomic E-state index is 12.5. The van der Waals surface area contributed by atoms with Crippen LogP contribution in [-0.4, -0.2) is 42.0 Å². The van der Waals surface area contributed by atoms with Gasteiger partial charge in [-0.25, -0.2) is 4.79 Å². The van der Waals surface area contributed by atoms with Gasteiger partial charge in [-0.2, -0.15) is 0 Å². The van der Waals surface area contributed by atoms with Gasteiger partial charge in [0.1, 0.15) is 5.71 Å². The lowest BCUT2D eigenvalue weighted by Gasteiger charge is -2.58. The number of carbonyl (C=O) groups excluding carboxylic acids is 2. The van der Waals surface area contributed by atoms with Crippen molar-refractivity contribution in [3.8, 4) is 0 Å². The number of benzene rings is 1. The van der Waals surface area contributed by atoms with E-state index in [0.29, 0.717) is 29.0 Å². The van der Waals surface area contributed by atoms with Gasteiger partial charge in [0.25, 0.3) is 5.91 Å². The molecule has 4 aliphatic carbocycles. The predicted octanol–water partition coefficient (Wildman–Crippen LogP) is 4.88. The van der Waals surface area contributed by atoms with Gasteiger partial charge in [0.2, 0.25) is 0 Å². The van der Waals surface area contributed by atoms with Gasteiger partial charge in [-0.1, -0.05) is 61.0 Å². The Morgan fingerprint density at radius 1 is 1.11 bits per heavy atom. The summed E-state index contributed by atoms with van der Waals surface area (Å²) in [5.74, 6) is 0.760. The quantitative estimate of drug-likeness (QED) is 0.412. The zero-order valence-electron chi connectivity index (χ0n) is 22.9. The van der Waals surface area contributed by atoms with Crippen LogP contribution in [0.15, 0.2) is 59.3 Å². The highest BCUT2D eigenvalue weighted by Gasteiger charge is 2.61. The fourth-order valence-electron chi connectivity index (χ4n) is 7.92. The van der Waals surface area contributed by atoms with Gasteiger partial charge in [0.15, 0.2) is 12.6 Å². The van der Waals surface area contributed by atoms with E-state index >= 15 is 0 Å². The van der Waals surface area contributed by atoms with E-state index in [1.807, 2.05) is 19.1 Å². The van der Waals surface area contributed by atoms with Crippen molar-refractivity contribution in [2.75, 3.05) is 13.7 Å². The zero-order valence-corrected chi connectivity index (χ0v) is 22.9. The minimum Gasteiger partial charge on any atom is -0.467 e. The van der Waals surface area contributed by atoms with Crippen LogP contribution in [0.25, 0.3) is 0 Å². The smallest absolute Gasteiger partial charge is 0.333 e. The average molecular weight is 521 g/mol. The summed E-state index contributed by atoms with van der Waals surface area (Å²) in [4.78, 5) is 30.1. The molecular formula is C31H40N2O5. The topological polar surface area (TPSA) is 97.2 Å². The van der Waals surface area contributed by atoms with Crippen LogP contribution in [0.3, 0.4) is 0 Å². The zero-order chi connectivity index (χ0) is 27.1. The Morgan fingerprint density at radius 2 is 1.84 bits per heavy atom. The van der Waals surface area contributed by atoms with Crippen molar-refractivity contribution in [2.24, 2.45) is 33.7 Å². The van der Waals surface area contributed by atoms with Crippen molar-refractivity contribution in [1.29, 1.82) is 0 Å². The van der Waals surface area contributed by atoms with Gasteiger partial charge >= 0.3 is 5.97 Å². The van der Waals surface area contributed by atoms with Crippen LogP contribution in [-0.2, 0) is 19.2 Å². The number of nitrogens with zero attached hydrogens (tertiary/aromatic N) is 1. The summed E-state index contributed by atoms with van der Waals surface area (Å²) in [6.45, 7) is 6.41. The molecule has 0 heterocycles. The van der Waals surface area contributed by atoms with Crippen molar-refractivity contribution >= 4 is 17.6 Å². The van der Waals surface area contributed by atoms with E-state index < -0.39 is 23.5 Å². The fourth-order valence-corrected chi connectivity index (χ4v) is 7.92. The van der Waals surface area contributed by atoms with Crippen LogP contribution in [0.4, 0.5) is 0 Å². The Labute approximate surface area is 225 Å². The molecular weight excluding hydrogens is 480 g/mol. The molecule has 0 spiro atoms. The third kappa shape index (κ3) is 4.49. The molecule has 1 amide bonds. The molecule has 3 fully saturated rings. The molecule has 204 valence electrons. The summed E-state index contributed by atoms with van der Waals surface area (Å²) in [5.41, 5.74) is 2.13. The lowest BCUT2D eigenvalue weighted by Crippen LogP contribution is -2.53. The third-order valence-electron chi connectivity index (χ3n) is 10.4. The molecule has 4 aliphatic rings. The standard InChI is InChI=1S/C31H40N2O5/c1-29-15-12-22(33-38-19-26(34)32-27(28(35)37-4)20-8-6-5-7-9-20)18-21(29)10-11-23-24(29)13-16-30(2)25(23)14-17-31(30,3)36/h5-9,12,15,18,23-25,27,36H,10-11,13-14,16-17,19H2,1-4H3,(H,32,34)/b33-22-/t23-,24-,25-,27-,29+,30+,31+/m1/s1. The molecule has 0 bridgehead atoms. The second-order valence-electron chi connectivity index (χ2n) is 12.2. The first-order valence-electron chi connectivity index (χ1n) is 13.8. The molecule has 38 heavy (non-hydrogen) atoms. The molecule has 0 saturated heterocycles. The van der Waals surface area contributed by atoms with Crippen molar-refractivity contribution < 1.29 is 24.3 Å². The van der Waals surface area contributed by atoms with Gasteiger partial charge in [-0.3, -0.25) is 4.79 Å². The number of carbonyl (C=O) groups is 2. The van der Waals surface area contributed by atoms with E-state index in [1.165, 1.54) is 12.7 Å². The maximum absolute atomic E-state index is 12.5. The largest absolute Gasteiger partial charge is 0.467 e. The number of hydrogen-bond acceptors (Lipinski definition) is 6. The second kappa shape index (κ2) is 9.99. The van der Waals surface area contributed by atoms with Gasteiger partial charge in [0, 0.05) is 5.41 Å². The average Bonchev–Trinajstić information content (AvgIpc) is 3.16. The molecule has 3 saturated carbocycles. The van der Waals surface area contributed by atoms with E-state index in [4.69, 9.17) is 9.57 Å². The molecule has 0 aliphatic heterocycles. The minimum absolute atomic E-state index is 0.0124. The fraction of sp³-hybridized carbons (Fsp3) is 0.581. The van der Waals surface area contributed by atoms with E-state index in [9.17, 15) is 14.7 Å². The number of esters is 1. The molecule has 1 aromatic rings. The molecule has 0 unspecified atom stereocenters. The summed E-state index contributed by atoms with van der Waals surface area (Å²) in [6, 6.07) is 8.05. The lowest BCUT2D eigenvalue weighted by atomic mass is 9.47. The third-order valence-corrected chi connectivity index (χ3v) is 10.4. The van der Waals surface area contributed by atoms with Crippen LogP contribution in [0.5, 0.6) is 0 Å². The van der Waals surface area contributed by atoms with Gasteiger partial charge < -0.3 is 20.0 Å². The Kier molecular flexibility index (Phi) is 7.01. The van der Waals surface area contributed by atoms with Crippen LogP contribution >= 0.6 is 0 Å². The summed E-state index contributed by atoms with van der Waals surface area (Å²) >= 11 is 0. The molecule has 1 aromatic carbocycles. The van der Waals surface area contributed by atoms with E-state index in [2.05, 4.69) is 36.5 Å². The number of aliphatic hydroxyl groups is 1. The monoisotopic (exact) mass is 520 g/mol. The number of methoxy groups -OCH3 is 1. The summed E-state index contributed by atoms with van der Waals surface area (Å²) in [5, 5.41) is 18.0. The number of nitrogens with one attached hydrogen (secondary N) is 1. The molecule has 5 rings (SSSR count). The van der Waals surface area contributed by atoms with Crippen LogP contribution < -0.4 is 5.32 Å². The van der Waals surface area contributed by atoms with E-state index in [-0.39, 0.29) is 17.4 Å². The van der Waals surface area contributed by atoms with Gasteiger partial charge in [-0.05, 0) is 86.3 Å². The molecule has 7 heteroatoms. The number of amides is 1. The van der Waals surface area contributed by atoms with Crippen LogP contribution in [0.2, 0.25) is 0 Å². The molecule has 7 nitrogen and oxygen atoms in total. The maximum Gasteiger partial charge on any atom is 0.333 e. The number of fused-ring (bicyclic) bond motifs is 5. The van der Waals surface area contributed by atoms with Crippen molar-refractivity contribution in [1.82, 2.24) is 5.32 Å². The summed E-state index contributed by atoms with van der Waals surface area (Å²) in [6.07, 6.45) is 12.8. The number of allylic oxidation sites excluding steroid dienone is 4. The van der Waals surface area contributed by atoms with Crippen molar-refractivity contribution in [3.63, 3.8) is 0 Å². The first-order valence-corrected chi connectivity index (χ1v) is 13.8. The van der Waals surface area contributed by atoms with Gasteiger partial charge in [-0.15, -0.1) is 0 Å². The minimum atomic E-state index is -0.904. The number of oxime groups is 1. The highest BCUT2D eigenvalue weighted by Crippen LogP contribution is 2.66. The summed E-state index contributed by atoms with van der Waals surface area (Å²) in [7, 11) is 1.29. The Bertz CT molecular complexity index is 1170. The normalized spacial score (nSPS) is 37.3. The lowest BCUT2D eigenvalue weighted by molar-refractivity contribution is -0.145. The number of rotatable bonds is 6. The SMILES string of the molecule is COC(=O)[C@H](NC(=O)CO/N=C1/C=C[C@@]2(C)C(=C1)CC[C@@H]1[C@H]2CC[C@@]2(C)[C@@H]1CC[C@]2(C)O)c1ccccc1. The van der Waals surface area contributed by atoms with E-state index in [1.54, 1.807) is 24.3 Å².